The Hall–Kier alpha value is -1.03. The maximum absolute atomic E-state index is 4.62. The Morgan fingerprint density at radius 1 is 1.09 bits per heavy atom. The van der Waals surface area contributed by atoms with Gasteiger partial charge in [0.25, 0.3) is 0 Å². The third-order valence-electron chi connectivity index (χ3n) is 4.51. The van der Waals surface area contributed by atoms with Crippen molar-refractivity contribution in [2.45, 2.75) is 45.1 Å². The lowest BCUT2D eigenvalue weighted by Crippen LogP contribution is -2.28. The molecule has 5 heteroatoms. The Morgan fingerprint density at radius 3 is 2.43 bits per heavy atom. The molecule has 1 aromatic carbocycles. The van der Waals surface area contributed by atoms with Crippen molar-refractivity contribution in [3.8, 4) is 0 Å². The maximum atomic E-state index is 4.62. The van der Waals surface area contributed by atoms with E-state index in [0.717, 1.165) is 32.5 Å². The van der Waals surface area contributed by atoms with Gasteiger partial charge in [-0.15, -0.1) is 24.8 Å². The van der Waals surface area contributed by atoms with Crippen molar-refractivity contribution in [1.82, 2.24) is 15.1 Å². The lowest BCUT2D eigenvalue weighted by Gasteiger charge is -2.24. The summed E-state index contributed by atoms with van der Waals surface area (Å²) in [6.07, 6.45) is 6.79. The SMILES string of the molecule is CCn1ncc(CCc2ccccc2)c1C1CCNCC1.Cl.Cl. The molecule has 3 nitrogen and oxygen atoms in total. The monoisotopic (exact) mass is 355 g/mol. The number of nitrogens with one attached hydrogen (secondary N) is 1. The molecular formula is C18H27Cl2N3. The molecule has 2 heterocycles. The number of halogens is 2. The highest BCUT2D eigenvalue weighted by molar-refractivity contribution is 5.85. The molecule has 0 aliphatic carbocycles. The summed E-state index contributed by atoms with van der Waals surface area (Å²) in [5.74, 6) is 0.680. The van der Waals surface area contributed by atoms with Crippen molar-refractivity contribution in [3.63, 3.8) is 0 Å². The van der Waals surface area contributed by atoms with Gasteiger partial charge >= 0.3 is 0 Å². The number of piperidine rings is 1. The van der Waals surface area contributed by atoms with Gasteiger partial charge in [0, 0.05) is 18.2 Å². The fourth-order valence-corrected chi connectivity index (χ4v) is 3.37. The van der Waals surface area contributed by atoms with Crippen molar-refractivity contribution < 1.29 is 0 Å². The van der Waals surface area contributed by atoms with Crippen LogP contribution in [0.15, 0.2) is 36.5 Å². The average Bonchev–Trinajstić information content (AvgIpc) is 2.97. The van der Waals surface area contributed by atoms with Gasteiger partial charge in [-0.25, -0.2) is 0 Å². The highest BCUT2D eigenvalue weighted by atomic mass is 35.5. The number of hydrogen-bond acceptors (Lipinski definition) is 2. The number of benzene rings is 1. The fourth-order valence-electron chi connectivity index (χ4n) is 3.37. The summed E-state index contributed by atoms with van der Waals surface area (Å²) < 4.78 is 2.22. The van der Waals surface area contributed by atoms with Crippen LogP contribution in [-0.4, -0.2) is 22.9 Å². The molecule has 1 aromatic heterocycles. The van der Waals surface area contributed by atoms with Gasteiger partial charge in [0.1, 0.15) is 0 Å². The van der Waals surface area contributed by atoms with E-state index < -0.39 is 0 Å². The molecule has 0 atom stereocenters. The van der Waals surface area contributed by atoms with E-state index in [1.807, 2.05) is 0 Å². The average molecular weight is 356 g/mol. The predicted octanol–water partition coefficient (Wildman–Crippen LogP) is 4.00. The van der Waals surface area contributed by atoms with Crippen LogP contribution in [0.1, 0.15) is 42.5 Å². The second kappa shape index (κ2) is 9.96. The molecule has 1 fully saturated rings. The van der Waals surface area contributed by atoms with Gasteiger partial charge in [0.2, 0.25) is 0 Å². The van der Waals surface area contributed by atoms with Gasteiger partial charge < -0.3 is 5.32 Å². The molecule has 128 valence electrons. The number of hydrogen-bond donors (Lipinski definition) is 1. The van der Waals surface area contributed by atoms with E-state index in [9.17, 15) is 0 Å². The quantitative estimate of drug-likeness (QED) is 0.878. The molecule has 0 unspecified atom stereocenters. The minimum Gasteiger partial charge on any atom is -0.317 e. The van der Waals surface area contributed by atoms with Crippen LogP contribution in [0.5, 0.6) is 0 Å². The minimum atomic E-state index is 0. The molecule has 0 saturated carbocycles. The summed E-state index contributed by atoms with van der Waals surface area (Å²) >= 11 is 0. The first kappa shape index (κ1) is 20.0. The normalized spacial score (nSPS) is 14.8. The summed E-state index contributed by atoms with van der Waals surface area (Å²) in [5.41, 5.74) is 4.36. The molecule has 2 aromatic rings. The minimum absolute atomic E-state index is 0. The van der Waals surface area contributed by atoms with E-state index in [1.54, 1.807) is 0 Å². The number of aromatic nitrogens is 2. The van der Waals surface area contributed by atoms with E-state index in [-0.39, 0.29) is 24.8 Å². The van der Waals surface area contributed by atoms with Crippen molar-refractivity contribution in [2.24, 2.45) is 0 Å². The summed E-state index contributed by atoms with van der Waals surface area (Å²) in [4.78, 5) is 0. The lowest BCUT2D eigenvalue weighted by atomic mass is 9.90. The Morgan fingerprint density at radius 2 is 1.78 bits per heavy atom. The van der Waals surface area contributed by atoms with Crippen molar-refractivity contribution in [2.75, 3.05) is 13.1 Å². The first-order valence-electron chi connectivity index (χ1n) is 8.17. The Labute approximate surface area is 151 Å². The van der Waals surface area contributed by atoms with Crippen molar-refractivity contribution in [1.29, 1.82) is 0 Å². The van der Waals surface area contributed by atoms with E-state index in [0.29, 0.717) is 5.92 Å². The highest BCUT2D eigenvalue weighted by Crippen LogP contribution is 2.29. The van der Waals surface area contributed by atoms with Crippen LogP contribution in [0.4, 0.5) is 0 Å². The molecule has 23 heavy (non-hydrogen) atoms. The molecule has 1 aliphatic heterocycles. The molecule has 1 saturated heterocycles. The fraction of sp³-hybridized carbons (Fsp3) is 0.500. The maximum Gasteiger partial charge on any atom is 0.0524 e. The van der Waals surface area contributed by atoms with Gasteiger partial charge in [-0.2, -0.15) is 5.10 Å². The first-order chi connectivity index (χ1) is 10.4. The summed E-state index contributed by atoms with van der Waals surface area (Å²) in [6.45, 7) is 5.44. The van der Waals surface area contributed by atoms with Crippen LogP contribution in [-0.2, 0) is 19.4 Å². The van der Waals surface area contributed by atoms with Crippen LogP contribution in [0.3, 0.4) is 0 Å². The largest absolute Gasteiger partial charge is 0.317 e. The Balaban J connectivity index is 0.00000132. The number of aryl methyl sites for hydroxylation is 3. The van der Waals surface area contributed by atoms with E-state index in [2.05, 4.69) is 58.5 Å². The van der Waals surface area contributed by atoms with Crippen LogP contribution >= 0.6 is 24.8 Å². The van der Waals surface area contributed by atoms with Gasteiger partial charge in [-0.05, 0) is 56.8 Å². The van der Waals surface area contributed by atoms with Crippen LogP contribution < -0.4 is 5.32 Å². The Kier molecular flexibility index (Phi) is 8.67. The predicted molar refractivity (Wildman–Crippen MR) is 101 cm³/mol. The van der Waals surface area contributed by atoms with Crippen molar-refractivity contribution >= 4 is 24.8 Å². The molecule has 3 rings (SSSR count). The molecule has 0 spiro atoms. The Bertz CT molecular complexity index is 563. The third-order valence-corrected chi connectivity index (χ3v) is 4.51. The zero-order valence-electron chi connectivity index (χ0n) is 13.7. The zero-order valence-corrected chi connectivity index (χ0v) is 15.3. The summed E-state index contributed by atoms with van der Waals surface area (Å²) in [7, 11) is 0. The van der Waals surface area contributed by atoms with Gasteiger partial charge in [-0.1, -0.05) is 30.3 Å². The topological polar surface area (TPSA) is 29.9 Å². The summed E-state index contributed by atoms with van der Waals surface area (Å²) in [6, 6.07) is 10.8. The standard InChI is InChI=1S/C18H25N3.2ClH/c1-2-21-18(16-10-12-19-13-11-16)17(14-20-21)9-8-15-6-4-3-5-7-15;;/h3-7,14,16,19H,2,8-13H2,1H3;2*1H. The van der Waals surface area contributed by atoms with E-state index in [1.165, 1.54) is 29.7 Å². The molecule has 0 bridgehead atoms. The second-order valence-corrected chi connectivity index (χ2v) is 5.88. The molecule has 1 N–H and O–H groups in total. The van der Waals surface area contributed by atoms with Crippen molar-refractivity contribution in [3.05, 3.63) is 53.3 Å². The van der Waals surface area contributed by atoms with E-state index in [4.69, 9.17) is 0 Å². The van der Waals surface area contributed by atoms with Crippen LogP contribution in [0, 0.1) is 0 Å². The number of nitrogens with zero attached hydrogens (tertiary/aromatic N) is 2. The van der Waals surface area contributed by atoms with Crippen LogP contribution in [0.2, 0.25) is 0 Å². The lowest BCUT2D eigenvalue weighted by molar-refractivity contribution is 0.430. The zero-order chi connectivity index (χ0) is 14.5. The highest BCUT2D eigenvalue weighted by Gasteiger charge is 2.22. The van der Waals surface area contributed by atoms with Gasteiger partial charge in [0.15, 0.2) is 0 Å². The first-order valence-corrected chi connectivity index (χ1v) is 8.17. The van der Waals surface area contributed by atoms with Gasteiger partial charge in [0.05, 0.1) is 6.20 Å². The smallest absolute Gasteiger partial charge is 0.0524 e. The van der Waals surface area contributed by atoms with Crippen LogP contribution in [0.25, 0.3) is 0 Å². The summed E-state index contributed by atoms with van der Waals surface area (Å²) in [5, 5.41) is 8.08. The second-order valence-electron chi connectivity index (χ2n) is 5.88. The molecular weight excluding hydrogens is 329 g/mol. The number of rotatable bonds is 5. The third kappa shape index (κ3) is 4.97. The molecule has 0 amide bonds. The molecule has 0 radical (unpaired) electrons. The van der Waals surface area contributed by atoms with Gasteiger partial charge in [-0.3, -0.25) is 4.68 Å². The van der Waals surface area contributed by atoms with E-state index >= 15 is 0 Å². The molecule has 1 aliphatic rings.